The van der Waals surface area contributed by atoms with E-state index < -0.39 is 23.6 Å². The van der Waals surface area contributed by atoms with Gasteiger partial charge >= 0.3 is 12.3 Å². The lowest BCUT2D eigenvalue weighted by Crippen LogP contribution is -2.24. The van der Waals surface area contributed by atoms with Crippen molar-refractivity contribution in [3.63, 3.8) is 0 Å². The molecule has 0 spiro atoms. The van der Waals surface area contributed by atoms with Crippen molar-refractivity contribution < 1.29 is 27.4 Å². The van der Waals surface area contributed by atoms with Crippen LogP contribution in [0.25, 0.3) is 0 Å². The predicted octanol–water partition coefficient (Wildman–Crippen LogP) is 1.37. The average molecular weight is 251 g/mol. The smallest absolute Gasteiger partial charge is 0.464 e. The van der Waals surface area contributed by atoms with Crippen molar-refractivity contribution in [2.45, 2.75) is 13.3 Å². The van der Waals surface area contributed by atoms with Crippen LogP contribution in [0.2, 0.25) is 0 Å². The number of hydrogen-bond donors (Lipinski definition) is 1. The highest BCUT2D eigenvalue weighted by Gasteiger charge is 2.32. The molecule has 0 aliphatic heterocycles. The molecule has 0 radical (unpaired) electrons. The molecular weight excluding hydrogens is 243 g/mol. The number of rotatable bonds is 2. The van der Waals surface area contributed by atoms with Crippen molar-refractivity contribution in [1.29, 1.82) is 0 Å². The number of alkyl halides is 3. The Bertz CT molecular complexity index is 492. The highest BCUT2D eigenvalue weighted by Crippen LogP contribution is 2.20. The molecule has 1 aromatic rings. The number of aromatic amines is 1. The maximum absolute atomic E-state index is 11.9. The minimum absolute atomic E-state index is 0.107. The third-order valence-corrected chi connectivity index (χ3v) is 1.82. The van der Waals surface area contributed by atoms with Gasteiger partial charge in [-0.1, -0.05) is 0 Å². The number of methoxy groups -OCH3 is 1. The molecule has 0 saturated heterocycles. The van der Waals surface area contributed by atoms with Crippen molar-refractivity contribution >= 4 is 5.97 Å². The van der Waals surface area contributed by atoms with Crippen LogP contribution in [0.5, 0.6) is 5.75 Å². The summed E-state index contributed by atoms with van der Waals surface area (Å²) in [4.78, 5) is 24.3. The lowest BCUT2D eigenvalue weighted by Gasteiger charge is -2.09. The molecule has 0 bridgehead atoms. The number of aryl methyl sites for hydroxylation is 1. The van der Waals surface area contributed by atoms with Gasteiger partial charge in [-0.05, 0) is 18.6 Å². The zero-order valence-corrected chi connectivity index (χ0v) is 8.84. The molecule has 1 N–H and O–H groups in total. The Morgan fingerprint density at radius 3 is 2.47 bits per heavy atom. The van der Waals surface area contributed by atoms with Gasteiger partial charge in [0.05, 0.1) is 7.11 Å². The van der Waals surface area contributed by atoms with E-state index in [-0.39, 0.29) is 11.3 Å². The van der Waals surface area contributed by atoms with E-state index in [0.717, 1.165) is 13.2 Å². The Hall–Kier alpha value is -1.99. The highest BCUT2D eigenvalue weighted by molar-refractivity contribution is 5.88. The van der Waals surface area contributed by atoms with Gasteiger partial charge in [-0.2, -0.15) is 0 Å². The van der Waals surface area contributed by atoms with Gasteiger partial charge < -0.3 is 14.5 Å². The highest BCUT2D eigenvalue weighted by atomic mass is 19.4. The fourth-order valence-corrected chi connectivity index (χ4v) is 1.12. The first-order valence-corrected chi connectivity index (χ1v) is 4.32. The molecule has 5 nitrogen and oxygen atoms in total. The van der Waals surface area contributed by atoms with Crippen LogP contribution >= 0.6 is 0 Å². The molecule has 0 aliphatic carbocycles. The maximum Gasteiger partial charge on any atom is 0.573 e. The fraction of sp³-hybridized carbons (Fsp3) is 0.333. The SMILES string of the molecule is COC(=O)c1[nH]c(=O)c(OC(F)(F)F)cc1C. The number of H-pyrrole nitrogens is 1. The second-order valence-corrected chi connectivity index (χ2v) is 3.06. The Kier molecular flexibility index (Phi) is 3.45. The van der Waals surface area contributed by atoms with E-state index in [1.54, 1.807) is 0 Å². The van der Waals surface area contributed by atoms with Crippen LogP contribution < -0.4 is 10.3 Å². The number of esters is 1. The third kappa shape index (κ3) is 3.23. The lowest BCUT2D eigenvalue weighted by atomic mass is 10.2. The molecule has 0 unspecified atom stereocenters. The summed E-state index contributed by atoms with van der Waals surface area (Å²) in [6.07, 6.45) is -4.97. The molecule has 94 valence electrons. The summed E-state index contributed by atoms with van der Waals surface area (Å²) < 4.78 is 43.6. The Balaban J connectivity index is 3.19. The topological polar surface area (TPSA) is 68.4 Å². The molecule has 17 heavy (non-hydrogen) atoms. The van der Waals surface area contributed by atoms with Crippen LogP contribution in [0.1, 0.15) is 16.1 Å². The summed E-state index contributed by atoms with van der Waals surface area (Å²) in [6, 6.07) is 0.818. The van der Waals surface area contributed by atoms with E-state index in [1.165, 1.54) is 6.92 Å². The first-order chi connectivity index (χ1) is 7.74. The lowest BCUT2D eigenvalue weighted by molar-refractivity contribution is -0.275. The predicted molar refractivity (Wildman–Crippen MR) is 49.8 cm³/mol. The van der Waals surface area contributed by atoms with Gasteiger partial charge in [0.2, 0.25) is 0 Å². The quantitative estimate of drug-likeness (QED) is 0.806. The summed E-state index contributed by atoms with van der Waals surface area (Å²) in [6.45, 7) is 1.34. The van der Waals surface area contributed by atoms with Crippen LogP contribution in [0.4, 0.5) is 13.2 Å². The molecule has 0 atom stereocenters. The average Bonchev–Trinajstić information content (AvgIpc) is 2.20. The van der Waals surface area contributed by atoms with Crippen molar-refractivity contribution in [2.75, 3.05) is 7.11 Å². The van der Waals surface area contributed by atoms with Gasteiger partial charge in [-0.15, -0.1) is 13.2 Å². The monoisotopic (exact) mass is 251 g/mol. The largest absolute Gasteiger partial charge is 0.573 e. The number of carbonyl (C=O) groups excluding carboxylic acids is 1. The molecule has 0 fully saturated rings. The van der Waals surface area contributed by atoms with E-state index in [2.05, 4.69) is 9.47 Å². The van der Waals surface area contributed by atoms with E-state index >= 15 is 0 Å². The Morgan fingerprint density at radius 2 is 2.00 bits per heavy atom. The van der Waals surface area contributed by atoms with Crippen LogP contribution in [-0.2, 0) is 4.74 Å². The fourth-order valence-electron chi connectivity index (χ4n) is 1.12. The van der Waals surface area contributed by atoms with Gasteiger partial charge in [0.1, 0.15) is 5.69 Å². The standard InChI is InChI=1S/C9H8F3NO4/c1-4-3-5(17-9(10,11)12)7(14)13-6(4)8(15)16-2/h3H,1-2H3,(H,13,14). The van der Waals surface area contributed by atoms with E-state index in [1.807, 2.05) is 4.98 Å². The molecule has 8 heteroatoms. The summed E-state index contributed by atoms with van der Waals surface area (Å²) in [7, 11) is 1.08. The summed E-state index contributed by atoms with van der Waals surface area (Å²) >= 11 is 0. The number of halogens is 3. The van der Waals surface area contributed by atoms with Gasteiger partial charge in [0, 0.05) is 0 Å². The number of pyridine rings is 1. The maximum atomic E-state index is 11.9. The van der Waals surface area contributed by atoms with Gasteiger partial charge in [0.25, 0.3) is 5.56 Å². The second kappa shape index (κ2) is 4.48. The van der Waals surface area contributed by atoms with Crippen molar-refractivity contribution in [3.8, 4) is 5.75 Å². The molecule has 0 aromatic carbocycles. The normalized spacial score (nSPS) is 11.1. The summed E-state index contributed by atoms with van der Waals surface area (Å²) in [5.41, 5.74) is -1.27. The number of hydrogen-bond acceptors (Lipinski definition) is 4. The van der Waals surface area contributed by atoms with Gasteiger partial charge in [0.15, 0.2) is 5.75 Å². The number of aromatic nitrogens is 1. The summed E-state index contributed by atoms with van der Waals surface area (Å²) in [5, 5.41) is 0. The van der Waals surface area contributed by atoms with Crippen LogP contribution in [0.3, 0.4) is 0 Å². The van der Waals surface area contributed by atoms with Crippen molar-refractivity contribution in [1.82, 2.24) is 4.98 Å². The molecule has 1 heterocycles. The van der Waals surface area contributed by atoms with E-state index in [9.17, 15) is 22.8 Å². The minimum Gasteiger partial charge on any atom is -0.464 e. The molecule has 1 aromatic heterocycles. The van der Waals surface area contributed by atoms with Gasteiger partial charge in [-0.3, -0.25) is 4.79 Å². The Morgan fingerprint density at radius 1 is 1.41 bits per heavy atom. The Labute approximate surface area is 93.2 Å². The zero-order chi connectivity index (χ0) is 13.2. The third-order valence-electron chi connectivity index (χ3n) is 1.82. The van der Waals surface area contributed by atoms with Crippen LogP contribution in [-0.4, -0.2) is 24.4 Å². The molecular formula is C9H8F3NO4. The minimum atomic E-state index is -4.97. The van der Waals surface area contributed by atoms with E-state index in [0.29, 0.717) is 0 Å². The number of nitrogens with one attached hydrogen (secondary N) is 1. The number of ether oxygens (including phenoxy) is 2. The zero-order valence-electron chi connectivity index (χ0n) is 8.84. The molecule has 0 amide bonds. The van der Waals surface area contributed by atoms with Crippen molar-refractivity contribution in [3.05, 3.63) is 27.7 Å². The van der Waals surface area contributed by atoms with Crippen LogP contribution in [0.15, 0.2) is 10.9 Å². The summed E-state index contributed by atoms with van der Waals surface area (Å²) in [5.74, 6) is -1.78. The first kappa shape index (κ1) is 13.1. The molecule has 0 aliphatic rings. The molecule has 0 saturated carbocycles. The van der Waals surface area contributed by atoms with Crippen LogP contribution in [0, 0.1) is 6.92 Å². The first-order valence-electron chi connectivity index (χ1n) is 4.32. The second-order valence-electron chi connectivity index (χ2n) is 3.06. The van der Waals surface area contributed by atoms with Crippen molar-refractivity contribution in [2.24, 2.45) is 0 Å². The molecule has 1 rings (SSSR count). The number of carbonyl (C=O) groups is 1. The van der Waals surface area contributed by atoms with E-state index in [4.69, 9.17) is 0 Å². The van der Waals surface area contributed by atoms with Gasteiger partial charge in [-0.25, -0.2) is 4.79 Å².